The molecule has 0 aromatic carbocycles. The van der Waals surface area contributed by atoms with Crippen molar-refractivity contribution in [2.45, 2.75) is 112 Å². The highest BCUT2D eigenvalue weighted by Crippen LogP contribution is 2.88. The van der Waals surface area contributed by atoms with E-state index < -0.39 is 0 Å². The number of fused-ring (bicyclic) bond motifs is 4. The maximum Gasteiger partial charge on any atom is -0.00850 e. The van der Waals surface area contributed by atoms with E-state index in [1.54, 1.807) is 19.3 Å². The van der Waals surface area contributed by atoms with Crippen molar-refractivity contribution in [2.24, 2.45) is 57.7 Å². The number of hydrogen-bond acceptors (Lipinski definition) is 0. The van der Waals surface area contributed by atoms with Crippen molar-refractivity contribution in [1.29, 1.82) is 0 Å². The van der Waals surface area contributed by atoms with E-state index in [1.807, 2.05) is 5.57 Å². The molecule has 0 N–H and O–H groups in total. The van der Waals surface area contributed by atoms with Crippen molar-refractivity contribution < 1.29 is 0 Å². The van der Waals surface area contributed by atoms with Crippen molar-refractivity contribution in [3.63, 3.8) is 0 Å². The van der Waals surface area contributed by atoms with Crippen molar-refractivity contribution in [2.75, 3.05) is 0 Å². The Labute approximate surface area is 181 Å². The van der Waals surface area contributed by atoms with E-state index in [0.717, 1.165) is 46.8 Å². The fraction of sp³-hybridized carbons (Fsp3) is 0.931. The second-order valence-corrected chi connectivity index (χ2v) is 13.4. The van der Waals surface area contributed by atoms with Crippen LogP contribution in [0.3, 0.4) is 0 Å². The third kappa shape index (κ3) is 2.75. The van der Waals surface area contributed by atoms with Crippen molar-refractivity contribution in [3.8, 4) is 0 Å². The van der Waals surface area contributed by atoms with Gasteiger partial charge >= 0.3 is 0 Å². The molecule has 0 aliphatic heterocycles. The summed E-state index contributed by atoms with van der Waals surface area (Å²) in [5.74, 6) is 6.88. The first-order chi connectivity index (χ1) is 13.7. The molecule has 0 heterocycles. The van der Waals surface area contributed by atoms with Crippen LogP contribution in [0, 0.1) is 57.7 Å². The van der Waals surface area contributed by atoms with Gasteiger partial charge in [-0.15, -0.1) is 0 Å². The Morgan fingerprint density at radius 1 is 0.966 bits per heavy atom. The highest BCUT2D eigenvalue weighted by Gasteiger charge is 2.82. The van der Waals surface area contributed by atoms with E-state index in [4.69, 9.17) is 0 Å². The van der Waals surface area contributed by atoms with E-state index in [2.05, 4.69) is 47.6 Å². The largest absolute Gasteiger partial charge is 0.0845 e. The first-order valence-electron chi connectivity index (χ1n) is 13.4. The van der Waals surface area contributed by atoms with Crippen LogP contribution in [0.5, 0.6) is 0 Å². The molecule has 4 fully saturated rings. The molecule has 0 nitrogen and oxygen atoms in total. The Bertz CT molecular complexity index is 672. The Morgan fingerprint density at radius 3 is 2.52 bits per heavy atom. The molecule has 0 heteroatoms. The van der Waals surface area contributed by atoms with Gasteiger partial charge in [0.25, 0.3) is 0 Å². The van der Waals surface area contributed by atoms with E-state index in [0.29, 0.717) is 10.8 Å². The van der Waals surface area contributed by atoms with Crippen LogP contribution in [0.2, 0.25) is 0 Å². The number of allylic oxidation sites excluding steroid dienone is 2. The predicted molar refractivity (Wildman–Crippen MR) is 125 cm³/mol. The Balaban J connectivity index is 1.37. The lowest BCUT2D eigenvalue weighted by Gasteiger charge is -2.55. The van der Waals surface area contributed by atoms with Gasteiger partial charge in [0.05, 0.1) is 0 Å². The van der Waals surface area contributed by atoms with Crippen LogP contribution in [0.15, 0.2) is 11.6 Å². The van der Waals surface area contributed by atoms with Crippen LogP contribution in [-0.4, -0.2) is 0 Å². The smallest absolute Gasteiger partial charge is 0.00850 e. The summed E-state index contributed by atoms with van der Waals surface area (Å²) in [7, 11) is 0. The molecule has 0 aromatic rings. The quantitative estimate of drug-likeness (QED) is 0.408. The summed E-state index contributed by atoms with van der Waals surface area (Å²) in [6.45, 7) is 15.3. The van der Waals surface area contributed by atoms with Crippen LogP contribution in [0.4, 0.5) is 0 Å². The highest BCUT2D eigenvalue weighted by molar-refractivity contribution is 5.34. The molecule has 9 atom stereocenters. The average Bonchev–Trinajstić information content (AvgIpc) is 3.00. The molecular weight excluding hydrogens is 348 g/mol. The summed E-state index contributed by atoms with van der Waals surface area (Å²) in [6.07, 6.45) is 19.2. The Hall–Kier alpha value is -0.260. The van der Waals surface area contributed by atoms with Gasteiger partial charge in [-0.2, -0.15) is 0 Å². The standard InChI is InChI=1S/C29H48/c1-19(2)8-7-9-21(4)23-13-17-29-25-11-10-22-18-20(3)12-15-27(22,5)24(25)14-16-28(29,6)26(23)29/h10,19-21,23-26H,7-9,11-18H2,1-6H3. The predicted octanol–water partition coefficient (Wildman–Crippen LogP) is 8.66. The van der Waals surface area contributed by atoms with E-state index >= 15 is 0 Å². The topological polar surface area (TPSA) is 0 Å². The molecule has 5 aliphatic carbocycles. The molecule has 0 aromatic heterocycles. The fourth-order valence-electron chi connectivity index (χ4n) is 10.2. The minimum atomic E-state index is 0.555. The molecule has 5 aliphatic rings. The van der Waals surface area contributed by atoms with Crippen molar-refractivity contribution in [1.82, 2.24) is 0 Å². The monoisotopic (exact) mass is 396 g/mol. The molecular formula is C29H48. The van der Waals surface area contributed by atoms with Gasteiger partial charge in [-0.1, -0.05) is 72.5 Å². The zero-order chi connectivity index (χ0) is 20.6. The van der Waals surface area contributed by atoms with Gasteiger partial charge < -0.3 is 0 Å². The maximum atomic E-state index is 2.78. The minimum Gasteiger partial charge on any atom is -0.0845 e. The second-order valence-electron chi connectivity index (χ2n) is 13.4. The SMILES string of the molecule is CC(C)CCCC(C)C1CCC23C4CC=C5CC(C)CCC5(C)C4CCC2(C)C13. The van der Waals surface area contributed by atoms with Crippen molar-refractivity contribution >= 4 is 0 Å². The zero-order valence-corrected chi connectivity index (χ0v) is 20.4. The van der Waals surface area contributed by atoms with E-state index in [9.17, 15) is 0 Å². The van der Waals surface area contributed by atoms with Crippen LogP contribution in [0.1, 0.15) is 112 Å². The van der Waals surface area contributed by atoms with Crippen LogP contribution >= 0.6 is 0 Å². The highest BCUT2D eigenvalue weighted by atomic mass is 14.9. The number of hydrogen-bond donors (Lipinski definition) is 0. The Morgan fingerprint density at radius 2 is 1.76 bits per heavy atom. The molecule has 0 amide bonds. The van der Waals surface area contributed by atoms with Gasteiger partial charge in [-0.25, -0.2) is 0 Å². The van der Waals surface area contributed by atoms with Gasteiger partial charge in [-0.3, -0.25) is 0 Å². The van der Waals surface area contributed by atoms with Gasteiger partial charge in [0, 0.05) is 0 Å². The lowest BCUT2D eigenvalue weighted by molar-refractivity contribution is -0.00260. The van der Waals surface area contributed by atoms with Crippen LogP contribution in [-0.2, 0) is 0 Å². The zero-order valence-electron chi connectivity index (χ0n) is 20.4. The van der Waals surface area contributed by atoms with Crippen LogP contribution < -0.4 is 0 Å². The summed E-state index contributed by atoms with van der Waals surface area (Å²) in [4.78, 5) is 0. The third-order valence-electron chi connectivity index (χ3n) is 11.7. The summed E-state index contributed by atoms with van der Waals surface area (Å²) in [6, 6.07) is 0. The molecule has 1 spiro atoms. The molecule has 9 unspecified atom stereocenters. The van der Waals surface area contributed by atoms with Gasteiger partial charge in [0.15, 0.2) is 0 Å². The molecule has 0 saturated heterocycles. The average molecular weight is 397 g/mol. The summed E-state index contributed by atoms with van der Waals surface area (Å²) in [5.41, 5.74) is 3.87. The lowest BCUT2D eigenvalue weighted by atomic mass is 9.49. The first-order valence-corrected chi connectivity index (χ1v) is 13.4. The molecule has 5 rings (SSSR count). The summed E-state index contributed by atoms with van der Waals surface area (Å²) >= 11 is 0. The Kier molecular flexibility index (Phi) is 4.89. The fourth-order valence-corrected chi connectivity index (χ4v) is 10.2. The minimum absolute atomic E-state index is 0.555. The van der Waals surface area contributed by atoms with E-state index in [-0.39, 0.29) is 0 Å². The molecule has 29 heavy (non-hydrogen) atoms. The number of rotatable bonds is 5. The van der Waals surface area contributed by atoms with Crippen LogP contribution in [0.25, 0.3) is 0 Å². The maximum absolute atomic E-state index is 2.78. The summed E-state index contributed by atoms with van der Waals surface area (Å²) < 4.78 is 0. The normalized spacial score (nSPS) is 51.6. The molecule has 4 saturated carbocycles. The van der Waals surface area contributed by atoms with Gasteiger partial charge in [0.2, 0.25) is 0 Å². The van der Waals surface area contributed by atoms with Crippen molar-refractivity contribution in [3.05, 3.63) is 11.6 Å². The van der Waals surface area contributed by atoms with E-state index in [1.165, 1.54) is 51.4 Å². The van der Waals surface area contributed by atoms with Gasteiger partial charge in [-0.05, 0) is 109 Å². The summed E-state index contributed by atoms with van der Waals surface area (Å²) in [5, 5.41) is 0. The first kappa shape index (κ1) is 20.6. The second kappa shape index (κ2) is 6.87. The molecule has 0 bridgehead atoms. The molecule has 164 valence electrons. The lowest BCUT2D eigenvalue weighted by Crippen LogP contribution is -2.47. The molecule has 0 radical (unpaired) electrons. The van der Waals surface area contributed by atoms with Gasteiger partial charge in [0.1, 0.15) is 0 Å². The third-order valence-corrected chi connectivity index (χ3v) is 11.7.